The average Bonchev–Trinajstić information content (AvgIpc) is 3.19. The quantitative estimate of drug-likeness (QED) is 0.843. The summed E-state index contributed by atoms with van der Waals surface area (Å²) in [6.07, 6.45) is 6.89. The van der Waals surface area contributed by atoms with Crippen molar-refractivity contribution in [2.75, 3.05) is 45.9 Å². The Hall–Kier alpha value is -0.160. The van der Waals surface area contributed by atoms with Gasteiger partial charge in [0.2, 0.25) is 0 Å². The molecule has 116 valence electrons. The molecule has 4 heteroatoms. The summed E-state index contributed by atoms with van der Waals surface area (Å²) in [7, 11) is 0. The molecule has 3 fully saturated rings. The molecule has 2 unspecified atom stereocenters. The first-order valence-corrected chi connectivity index (χ1v) is 8.51. The molecule has 0 bridgehead atoms. The molecule has 0 amide bonds. The molecule has 0 aromatic carbocycles. The number of piperazine rings is 1. The second-order valence-corrected chi connectivity index (χ2v) is 7.08. The van der Waals surface area contributed by atoms with Crippen LogP contribution in [0.2, 0.25) is 0 Å². The molecule has 0 aromatic heterocycles. The topological polar surface area (TPSA) is 41.7 Å². The Bertz CT molecular complexity index is 305. The summed E-state index contributed by atoms with van der Waals surface area (Å²) in [4.78, 5) is 5.38. The van der Waals surface area contributed by atoms with E-state index in [0.29, 0.717) is 5.92 Å². The lowest BCUT2D eigenvalue weighted by Gasteiger charge is -2.49. The van der Waals surface area contributed by atoms with E-state index in [1.807, 2.05) is 0 Å². The number of nitrogens with two attached hydrogens (primary N) is 1. The molecule has 4 nitrogen and oxygen atoms in total. The van der Waals surface area contributed by atoms with Crippen LogP contribution in [0.5, 0.6) is 0 Å². The van der Waals surface area contributed by atoms with Crippen LogP contribution in [0.15, 0.2) is 0 Å². The molecule has 1 saturated carbocycles. The van der Waals surface area contributed by atoms with Crippen molar-refractivity contribution in [1.29, 1.82) is 0 Å². The third kappa shape index (κ3) is 2.76. The van der Waals surface area contributed by atoms with Crippen LogP contribution in [0.4, 0.5) is 0 Å². The minimum absolute atomic E-state index is 0.137. The van der Waals surface area contributed by atoms with Gasteiger partial charge in [0.15, 0.2) is 0 Å². The predicted octanol–water partition coefficient (Wildman–Crippen LogP) is 1.30. The van der Waals surface area contributed by atoms with Crippen molar-refractivity contribution >= 4 is 0 Å². The molecular weight excluding hydrogens is 250 g/mol. The van der Waals surface area contributed by atoms with E-state index in [1.165, 1.54) is 58.3 Å². The minimum Gasteiger partial charge on any atom is -0.381 e. The van der Waals surface area contributed by atoms with Crippen LogP contribution in [0, 0.1) is 5.92 Å². The summed E-state index contributed by atoms with van der Waals surface area (Å²) in [6.45, 7) is 9.75. The van der Waals surface area contributed by atoms with Gasteiger partial charge in [0.05, 0.1) is 6.61 Å². The molecule has 2 N–H and O–H groups in total. The maximum Gasteiger partial charge on any atom is 0.0513 e. The SMILES string of the molecule is CC(CN)(C1CCOC1)N1CCN(C2CCCC2)CC1. The molecule has 0 radical (unpaired) electrons. The fourth-order valence-electron chi connectivity index (χ4n) is 4.45. The van der Waals surface area contributed by atoms with Crippen LogP contribution < -0.4 is 5.73 Å². The summed E-state index contributed by atoms with van der Waals surface area (Å²) >= 11 is 0. The van der Waals surface area contributed by atoms with Crippen LogP contribution in [0.25, 0.3) is 0 Å². The van der Waals surface area contributed by atoms with Crippen LogP contribution in [-0.4, -0.2) is 67.3 Å². The maximum atomic E-state index is 6.16. The van der Waals surface area contributed by atoms with Gasteiger partial charge in [-0.2, -0.15) is 0 Å². The van der Waals surface area contributed by atoms with Crippen molar-refractivity contribution in [2.24, 2.45) is 11.7 Å². The van der Waals surface area contributed by atoms with Gasteiger partial charge in [-0.3, -0.25) is 9.80 Å². The van der Waals surface area contributed by atoms with Crippen molar-refractivity contribution in [3.63, 3.8) is 0 Å². The van der Waals surface area contributed by atoms with Gasteiger partial charge in [-0.15, -0.1) is 0 Å². The van der Waals surface area contributed by atoms with Gasteiger partial charge >= 0.3 is 0 Å². The molecule has 0 spiro atoms. The number of nitrogens with zero attached hydrogens (tertiary/aromatic N) is 2. The summed E-state index contributed by atoms with van der Waals surface area (Å²) < 4.78 is 5.61. The van der Waals surface area contributed by atoms with Gasteiger partial charge in [0.1, 0.15) is 0 Å². The summed E-state index contributed by atoms with van der Waals surface area (Å²) in [5, 5.41) is 0. The Morgan fingerprint density at radius 3 is 2.35 bits per heavy atom. The van der Waals surface area contributed by atoms with Crippen molar-refractivity contribution in [3.8, 4) is 0 Å². The van der Waals surface area contributed by atoms with E-state index in [0.717, 1.165) is 25.8 Å². The highest BCUT2D eigenvalue weighted by molar-refractivity contribution is 4.97. The molecule has 0 aromatic rings. The molecular formula is C16H31N3O. The molecule has 2 atom stereocenters. The Morgan fingerprint density at radius 1 is 1.10 bits per heavy atom. The third-order valence-electron chi connectivity index (χ3n) is 6.10. The van der Waals surface area contributed by atoms with Gasteiger partial charge in [-0.25, -0.2) is 0 Å². The van der Waals surface area contributed by atoms with Gasteiger partial charge in [-0.1, -0.05) is 12.8 Å². The zero-order valence-electron chi connectivity index (χ0n) is 13.0. The summed E-state index contributed by atoms with van der Waals surface area (Å²) in [5.74, 6) is 0.616. The first-order valence-electron chi connectivity index (χ1n) is 8.51. The van der Waals surface area contributed by atoms with Gasteiger partial charge in [0, 0.05) is 56.8 Å². The van der Waals surface area contributed by atoms with E-state index in [1.54, 1.807) is 0 Å². The molecule has 2 aliphatic heterocycles. The van der Waals surface area contributed by atoms with Crippen molar-refractivity contribution in [3.05, 3.63) is 0 Å². The van der Waals surface area contributed by atoms with Crippen LogP contribution in [-0.2, 0) is 4.74 Å². The van der Waals surface area contributed by atoms with Crippen molar-refractivity contribution in [2.45, 2.75) is 50.6 Å². The zero-order valence-corrected chi connectivity index (χ0v) is 13.0. The number of ether oxygens (including phenoxy) is 1. The number of hydrogen-bond acceptors (Lipinski definition) is 4. The second kappa shape index (κ2) is 6.30. The molecule has 2 heterocycles. The fraction of sp³-hybridized carbons (Fsp3) is 1.00. The van der Waals surface area contributed by atoms with Gasteiger partial charge in [-0.05, 0) is 26.2 Å². The van der Waals surface area contributed by atoms with Crippen molar-refractivity contribution in [1.82, 2.24) is 9.80 Å². The van der Waals surface area contributed by atoms with E-state index >= 15 is 0 Å². The van der Waals surface area contributed by atoms with Crippen molar-refractivity contribution < 1.29 is 4.74 Å². The standard InChI is InChI=1S/C16H31N3O/c1-16(13-17,14-6-11-20-12-14)19-9-7-18(8-10-19)15-4-2-3-5-15/h14-15H,2-13,17H2,1H3. The van der Waals surface area contributed by atoms with E-state index in [9.17, 15) is 0 Å². The molecule has 3 aliphatic rings. The molecule has 1 aliphatic carbocycles. The normalized spacial score (nSPS) is 33.6. The van der Waals surface area contributed by atoms with Gasteiger partial charge < -0.3 is 10.5 Å². The highest BCUT2D eigenvalue weighted by atomic mass is 16.5. The monoisotopic (exact) mass is 281 g/mol. The van der Waals surface area contributed by atoms with E-state index in [-0.39, 0.29) is 5.54 Å². The Labute approximate surface area is 123 Å². The summed E-state index contributed by atoms with van der Waals surface area (Å²) in [6, 6.07) is 0.871. The molecule has 2 saturated heterocycles. The lowest BCUT2D eigenvalue weighted by atomic mass is 9.82. The van der Waals surface area contributed by atoms with Gasteiger partial charge in [0.25, 0.3) is 0 Å². The predicted molar refractivity (Wildman–Crippen MR) is 81.8 cm³/mol. The van der Waals surface area contributed by atoms with Crippen LogP contribution >= 0.6 is 0 Å². The van der Waals surface area contributed by atoms with Crippen LogP contribution in [0.1, 0.15) is 39.0 Å². The maximum absolute atomic E-state index is 6.16. The van der Waals surface area contributed by atoms with E-state index < -0.39 is 0 Å². The Balaban J connectivity index is 1.57. The highest BCUT2D eigenvalue weighted by Crippen LogP contribution is 2.32. The smallest absolute Gasteiger partial charge is 0.0513 e. The lowest BCUT2D eigenvalue weighted by Crippen LogP contribution is -2.62. The van der Waals surface area contributed by atoms with E-state index in [4.69, 9.17) is 10.5 Å². The third-order valence-corrected chi connectivity index (χ3v) is 6.10. The number of hydrogen-bond donors (Lipinski definition) is 1. The Morgan fingerprint density at radius 2 is 1.80 bits per heavy atom. The minimum atomic E-state index is 0.137. The first-order chi connectivity index (χ1) is 9.74. The molecule has 3 rings (SSSR count). The fourth-order valence-corrected chi connectivity index (χ4v) is 4.45. The first kappa shape index (κ1) is 14.8. The second-order valence-electron chi connectivity index (χ2n) is 7.08. The van der Waals surface area contributed by atoms with E-state index in [2.05, 4.69) is 16.7 Å². The Kier molecular flexibility index (Phi) is 4.65. The lowest BCUT2D eigenvalue weighted by molar-refractivity contribution is -0.00351. The highest BCUT2D eigenvalue weighted by Gasteiger charge is 2.42. The average molecular weight is 281 g/mol. The largest absolute Gasteiger partial charge is 0.381 e. The zero-order chi connectivity index (χ0) is 14.0. The molecule has 20 heavy (non-hydrogen) atoms. The van der Waals surface area contributed by atoms with Crippen LogP contribution in [0.3, 0.4) is 0 Å². The number of rotatable bonds is 4. The summed E-state index contributed by atoms with van der Waals surface area (Å²) in [5.41, 5.74) is 6.30.